The van der Waals surface area contributed by atoms with E-state index in [1.54, 1.807) is 17.9 Å². The molecule has 1 aliphatic rings. The lowest BCUT2D eigenvalue weighted by atomic mass is 9.92. The van der Waals surface area contributed by atoms with Crippen molar-refractivity contribution in [1.82, 2.24) is 25.6 Å². The minimum absolute atomic E-state index is 0.0203. The molecule has 0 bridgehead atoms. The molecule has 1 saturated carbocycles. The normalized spacial score (nSPS) is 16.1. The van der Waals surface area contributed by atoms with Gasteiger partial charge in [0.25, 0.3) is 0 Å². The van der Waals surface area contributed by atoms with Crippen LogP contribution in [0.5, 0.6) is 0 Å². The molecule has 0 radical (unpaired) electrons. The maximum absolute atomic E-state index is 12.3. The van der Waals surface area contributed by atoms with Crippen LogP contribution in [0.4, 0.5) is 4.79 Å². The Morgan fingerprint density at radius 1 is 1.42 bits per heavy atom. The first-order chi connectivity index (χ1) is 11.6. The molecular weight excluding hydrogens is 326 g/mol. The van der Waals surface area contributed by atoms with Gasteiger partial charge in [0.05, 0.1) is 12.6 Å². The van der Waals surface area contributed by atoms with E-state index in [1.807, 2.05) is 24.3 Å². The third-order valence-electron chi connectivity index (χ3n) is 4.45. The van der Waals surface area contributed by atoms with Gasteiger partial charge in [-0.1, -0.05) is 41.8 Å². The Hall–Kier alpha value is -2.08. The molecule has 2 N–H and O–H groups in total. The zero-order valence-electron chi connectivity index (χ0n) is 13.7. The molecule has 1 aliphatic carbocycles. The fourth-order valence-corrected chi connectivity index (χ4v) is 3.50. The monoisotopic (exact) mass is 347 g/mol. The van der Waals surface area contributed by atoms with E-state index in [4.69, 9.17) is 11.6 Å². The number of nitrogens with one attached hydrogen (secondary N) is 2. The number of rotatable bonds is 5. The molecule has 1 fully saturated rings. The zero-order chi connectivity index (χ0) is 16.9. The summed E-state index contributed by atoms with van der Waals surface area (Å²) in [5.41, 5.74) is 1.79. The maximum Gasteiger partial charge on any atom is 0.315 e. The van der Waals surface area contributed by atoms with Crippen molar-refractivity contribution >= 4 is 17.6 Å². The molecule has 1 heterocycles. The molecule has 24 heavy (non-hydrogen) atoms. The number of hydrogen-bond donors (Lipinski definition) is 2. The first kappa shape index (κ1) is 16.8. The summed E-state index contributed by atoms with van der Waals surface area (Å²) in [5, 5.41) is 14.5. The van der Waals surface area contributed by atoms with Crippen molar-refractivity contribution < 1.29 is 4.79 Å². The molecule has 6 nitrogen and oxygen atoms in total. The second-order valence-electron chi connectivity index (χ2n) is 6.29. The molecule has 1 aromatic carbocycles. The van der Waals surface area contributed by atoms with Gasteiger partial charge < -0.3 is 10.6 Å². The van der Waals surface area contributed by atoms with Crippen molar-refractivity contribution in [3.63, 3.8) is 0 Å². The van der Waals surface area contributed by atoms with Gasteiger partial charge in [-0.25, -0.2) is 4.79 Å². The molecular formula is C17H22ClN5O. The lowest BCUT2D eigenvalue weighted by molar-refractivity contribution is 0.230. The molecule has 1 atom stereocenters. The van der Waals surface area contributed by atoms with Crippen LogP contribution in [0.1, 0.15) is 43.0 Å². The number of carbonyl (C=O) groups excluding carboxylic acids is 1. The number of carbonyl (C=O) groups is 1. The van der Waals surface area contributed by atoms with Crippen LogP contribution in [0, 0.1) is 5.92 Å². The fraction of sp³-hybridized carbons (Fsp3) is 0.471. The van der Waals surface area contributed by atoms with Gasteiger partial charge >= 0.3 is 6.03 Å². The summed E-state index contributed by atoms with van der Waals surface area (Å²) >= 11 is 6.13. The van der Waals surface area contributed by atoms with E-state index in [1.165, 1.54) is 12.8 Å². The molecule has 0 saturated heterocycles. The SMILES string of the molecule is Cn1cc(CNC(=O)N[C@H](c2cccc(Cl)c2)C2CCCC2)nn1. The number of aromatic nitrogens is 3. The van der Waals surface area contributed by atoms with E-state index >= 15 is 0 Å². The summed E-state index contributed by atoms with van der Waals surface area (Å²) in [4.78, 5) is 12.3. The number of hydrogen-bond acceptors (Lipinski definition) is 3. The predicted molar refractivity (Wildman–Crippen MR) is 92.5 cm³/mol. The fourth-order valence-electron chi connectivity index (χ4n) is 3.30. The Kier molecular flexibility index (Phi) is 5.35. The minimum Gasteiger partial charge on any atom is -0.332 e. The van der Waals surface area contributed by atoms with Gasteiger partial charge in [0.1, 0.15) is 5.69 Å². The van der Waals surface area contributed by atoms with Crippen LogP contribution in [0.3, 0.4) is 0 Å². The number of urea groups is 1. The highest BCUT2D eigenvalue weighted by molar-refractivity contribution is 6.30. The van der Waals surface area contributed by atoms with E-state index in [9.17, 15) is 4.79 Å². The van der Waals surface area contributed by atoms with Gasteiger partial charge in [0, 0.05) is 18.3 Å². The topological polar surface area (TPSA) is 71.8 Å². The van der Waals surface area contributed by atoms with E-state index in [2.05, 4.69) is 20.9 Å². The summed E-state index contributed by atoms with van der Waals surface area (Å²) < 4.78 is 1.61. The van der Waals surface area contributed by atoms with Gasteiger partial charge in [0.15, 0.2) is 0 Å². The molecule has 128 valence electrons. The molecule has 0 aliphatic heterocycles. The summed E-state index contributed by atoms with van der Waals surface area (Å²) in [6.45, 7) is 0.354. The Labute approximate surface area is 146 Å². The quantitative estimate of drug-likeness (QED) is 0.872. The van der Waals surface area contributed by atoms with E-state index < -0.39 is 0 Å². The summed E-state index contributed by atoms with van der Waals surface area (Å²) in [7, 11) is 1.80. The number of nitrogens with zero attached hydrogens (tertiary/aromatic N) is 3. The third kappa shape index (κ3) is 4.26. The van der Waals surface area contributed by atoms with Gasteiger partial charge in [-0.15, -0.1) is 5.10 Å². The highest BCUT2D eigenvalue weighted by Crippen LogP contribution is 2.36. The van der Waals surface area contributed by atoms with Crippen LogP contribution in [-0.4, -0.2) is 21.0 Å². The first-order valence-corrected chi connectivity index (χ1v) is 8.64. The van der Waals surface area contributed by atoms with Crippen LogP contribution in [0.15, 0.2) is 30.5 Å². The van der Waals surface area contributed by atoms with Crippen molar-refractivity contribution in [2.75, 3.05) is 0 Å². The predicted octanol–water partition coefficient (Wildman–Crippen LogP) is 3.20. The first-order valence-electron chi connectivity index (χ1n) is 8.27. The minimum atomic E-state index is -0.197. The highest BCUT2D eigenvalue weighted by atomic mass is 35.5. The van der Waals surface area contributed by atoms with Crippen molar-refractivity contribution in [2.24, 2.45) is 13.0 Å². The number of halogens is 1. The van der Waals surface area contributed by atoms with Gasteiger partial charge in [-0.3, -0.25) is 4.68 Å². The maximum atomic E-state index is 12.3. The van der Waals surface area contributed by atoms with Crippen LogP contribution in [0.2, 0.25) is 5.02 Å². The second kappa shape index (κ2) is 7.66. The lowest BCUT2D eigenvalue weighted by Gasteiger charge is -2.25. The molecule has 3 rings (SSSR count). The summed E-state index contributed by atoms with van der Waals surface area (Å²) in [6.07, 6.45) is 6.46. The molecule has 2 aromatic rings. The average molecular weight is 348 g/mol. The lowest BCUT2D eigenvalue weighted by Crippen LogP contribution is -2.40. The van der Waals surface area contributed by atoms with Crippen molar-refractivity contribution in [3.8, 4) is 0 Å². The molecule has 0 spiro atoms. The molecule has 0 unspecified atom stereocenters. The largest absolute Gasteiger partial charge is 0.332 e. The van der Waals surface area contributed by atoms with Crippen LogP contribution in [-0.2, 0) is 13.6 Å². The van der Waals surface area contributed by atoms with Crippen LogP contribution >= 0.6 is 11.6 Å². The van der Waals surface area contributed by atoms with Crippen molar-refractivity contribution in [3.05, 3.63) is 46.7 Å². The van der Waals surface area contributed by atoms with Gasteiger partial charge in [-0.05, 0) is 36.5 Å². The Bertz CT molecular complexity index is 696. The molecule has 7 heteroatoms. The highest BCUT2D eigenvalue weighted by Gasteiger charge is 2.27. The van der Waals surface area contributed by atoms with Gasteiger partial charge in [-0.2, -0.15) is 0 Å². The van der Waals surface area contributed by atoms with E-state index in [0.717, 1.165) is 24.1 Å². The number of amides is 2. The average Bonchev–Trinajstić information content (AvgIpc) is 3.22. The second-order valence-corrected chi connectivity index (χ2v) is 6.72. The summed E-state index contributed by atoms with van der Waals surface area (Å²) in [5.74, 6) is 0.450. The van der Waals surface area contributed by atoms with Crippen molar-refractivity contribution in [2.45, 2.75) is 38.3 Å². The standard InChI is InChI=1S/C17H22ClN5O/c1-23-11-15(21-22-23)10-19-17(24)20-16(12-5-2-3-6-12)13-7-4-8-14(18)9-13/h4,7-9,11-12,16H,2-3,5-6,10H2,1H3,(H2,19,20,24)/t16-/m0/s1. The van der Waals surface area contributed by atoms with E-state index in [-0.39, 0.29) is 12.1 Å². The van der Waals surface area contributed by atoms with Crippen LogP contribution < -0.4 is 10.6 Å². The smallest absolute Gasteiger partial charge is 0.315 e. The number of aryl methyl sites for hydroxylation is 1. The molecule has 2 amide bonds. The Morgan fingerprint density at radius 2 is 2.21 bits per heavy atom. The van der Waals surface area contributed by atoms with E-state index in [0.29, 0.717) is 17.5 Å². The van der Waals surface area contributed by atoms with Crippen molar-refractivity contribution in [1.29, 1.82) is 0 Å². The zero-order valence-corrected chi connectivity index (χ0v) is 14.5. The Morgan fingerprint density at radius 3 is 2.88 bits per heavy atom. The van der Waals surface area contributed by atoms with Gasteiger partial charge in [0.2, 0.25) is 0 Å². The molecule has 1 aromatic heterocycles. The Balaban J connectivity index is 1.65. The number of benzene rings is 1. The van der Waals surface area contributed by atoms with Crippen LogP contribution in [0.25, 0.3) is 0 Å². The summed E-state index contributed by atoms with van der Waals surface area (Å²) in [6, 6.07) is 7.53. The third-order valence-corrected chi connectivity index (χ3v) is 4.68.